The number of nitrogens with zero attached hydrogens (tertiary/aromatic N) is 2. The number of carbonyl (C=O) groups is 3. The Kier molecular flexibility index (Phi) is 8.55. The number of carbonyl (C=O) groups excluding carboxylic acids is 3. The molecule has 8 rings (SSSR count). The summed E-state index contributed by atoms with van der Waals surface area (Å²) in [5, 5.41) is 31.5. The summed E-state index contributed by atoms with van der Waals surface area (Å²) in [5.41, 5.74) is 4.31. The summed E-state index contributed by atoms with van der Waals surface area (Å²) in [4.78, 5) is 48.9. The van der Waals surface area contributed by atoms with Crippen LogP contribution < -0.4 is 20.2 Å². The summed E-state index contributed by atoms with van der Waals surface area (Å²) in [5.74, 6) is -0.995. The zero-order chi connectivity index (χ0) is 30.0. The van der Waals surface area contributed by atoms with E-state index in [2.05, 4.69) is 35.2 Å². The smallest absolute Gasteiger partial charge is 0.269 e. The monoisotopic (exact) mass is 624 g/mol. The maximum atomic E-state index is 13.2. The summed E-state index contributed by atoms with van der Waals surface area (Å²) in [6, 6.07) is 12.8. The number of amides is 2. The second kappa shape index (κ2) is 11.9. The highest BCUT2D eigenvalue weighted by molar-refractivity contribution is 5.99. The fourth-order valence-corrected chi connectivity index (χ4v) is 8.89. The second-order valence-electron chi connectivity index (χ2n) is 12.3. The number of para-hydroxylation sites is 1. The lowest BCUT2D eigenvalue weighted by atomic mass is 9.53. The number of benzene rings is 2. The molecule has 5 aliphatic heterocycles. The van der Waals surface area contributed by atoms with E-state index in [1.54, 1.807) is 10.5 Å². The van der Waals surface area contributed by atoms with Gasteiger partial charge in [-0.05, 0) is 35.3 Å². The van der Waals surface area contributed by atoms with Crippen molar-refractivity contribution in [3.05, 3.63) is 81.4 Å². The van der Waals surface area contributed by atoms with E-state index in [1.807, 2.05) is 5.32 Å². The predicted molar refractivity (Wildman–Crippen MR) is 156 cm³/mol. The minimum absolute atomic E-state index is 0. The van der Waals surface area contributed by atoms with Crippen molar-refractivity contribution >= 4 is 29.2 Å². The molecular formula is C31H36N4O10. The molecule has 5 heterocycles. The first-order chi connectivity index (χ1) is 20.7. The molecule has 45 heavy (non-hydrogen) atoms. The molecule has 8 atom stereocenters. The van der Waals surface area contributed by atoms with Gasteiger partial charge in [-0.15, -0.1) is 0 Å². The van der Waals surface area contributed by atoms with E-state index in [1.165, 1.54) is 49.3 Å². The topological polar surface area (TPSA) is 230 Å². The van der Waals surface area contributed by atoms with Gasteiger partial charge in [0.1, 0.15) is 6.04 Å². The molecule has 7 N–H and O–H groups in total. The average Bonchev–Trinajstić information content (AvgIpc) is 3.48. The second-order valence-corrected chi connectivity index (χ2v) is 12.3. The summed E-state index contributed by atoms with van der Waals surface area (Å²) >= 11 is 0. The van der Waals surface area contributed by atoms with Gasteiger partial charge in [0, 0.05) is 42.1 Å². The Balaban J connectivity index is 0.000000181. The van der Waals surface area contributed by atoms with E-state index in [0.717, 1.165) is 12.1 Å². The van der Waals surface area contributed by atoms with Crippen LogP contribution in [0, 0.1) is 22.0 Å². The quantitative estimate of drug-likeness (QED) is 0.182. The van der Waals surface area contributed by atoms with E-state index in [-0.39, 0.29) is 39.6 Å². The van der Waals surface area contributed by atoms with Gasteiger partial charge in [0.05, 0.1) is 67.2 Å². The minimum Gasteiger partial charge on any atom is -0.548 e. The number of aliphatic hydroxyl groups excluding tert-OH is 1. The molecule has 0 aromatic heterocycles. The molecule has 240 valence electrons. The van der Waals surface area contributed by atoms with Crippen LogP contribution in [0.4, 0.5) is 11.4 Å². The standard InChI is InChI=1S/C21H22N2O2.C10H10N2O6.2H2O/c24-18-10-16-19-13-9-17-21(6-7-22(17)11-12(13)5-8-25-16)14-3-1-2-4-15(14)23(18)20(19)21;13-5-8(10(15)16)11-9(14)6-1-3-7(4-2-6)12(17)18;;/h1-5,13,16-17,19-20H,6-11H2;1-4,8,13H,5H2,(H,11,14)(H,15,16);2*1H2/t13-,16-,17-,19-,20-,21+;8-;;/m01../s1. The fraction of sp³-hybridized carbons (Fsp3) is 0.452. The van der Waals surface area contributed by atoms with Crippen molar-refractivity contribution < 1.29 is 50.1 Å². The van der Waals surface area contributed by atoms with E-state index in [0.29, 0.717) is 36.9 Å². The van der Waals surface area contributed by atoms with Gasteiger partial charge < -0.3 is 45.8 Å². The number of aliphatic hydroxyl groups is 1. The maximum Gasteiger partial charge on any atom is 0.269 e. The molecule has 2 bridgehead atoms. The highest BCUT2D eigenvalue weighted by atomic mass is 16.6. The number of hydrogen-bond acceptors (Lipinski definition) is 8. The molecule has 3 saturated heterocycles. The number of ether oxygens (including phenoxy) is 1. The molecule has 14 heteroatoms. The van der Waals surface area contributed by atoms with Crippen LogP contribution in [0.3, 0.4) is 0 Å². The Labute approximate surface area is 258 Å². The Bertz CT molecular complexity index is 1550. The molecule has 2 aromatic rings. The molecule has 2 aromatic carbocycles. The maximum absolute atomic E-state index is 13.2. The number of rotatable bonds is 5. The van der Waals surface area contributed by atoms with Crippen molar-refractivity contribution in [3.8, 4) is 0 Å². The molecule has 1 saturated carbocycles. The summed E-state index contributed by atoms with van der Waals surface area (Å²) in [6.07, 6.45) is 5.54. The van der Waals surface area contributed by atoms with Crippen molar-refractivity contribution in [1.82, 2.24) is 5.32 Å². The minimum atomic E-state index is -1.62. The third-order valence-electron chi connectivity index (χ3n) is 10.5. The molecule has 4 fully saturated rings. The lowest BCUT2D eigenvalue weighted by molar-refractivity contribution is -0.916. The van der Waals surface area contributed by atoms with Crippen LogP contribution >= 0.6 is 0 Å². The number of piperidine rings is 2. The number of nitro groups is 1. The van der Waals surface area contributed by atoms with Gasteiger partial charge in [-0.1, -0.05) is 24.3 Å². The van der Waals surface area contributed by atoms with Crippen molar-refractivity contribution in [2.45, 2.75) is 48.9 Å². The van der Waals surface area contributed by atoms with E-state index < -0.39 is 29.4 Å². The third kappa shape index (κ3) is 4.80. The van der Waals surface area contributed by atoms with Gasteiger partial charge >= 0.3 is 0 Å². The molecule has 6 aliphatic rings. The number of hydrogen-bond donors (Lipinski definition) is 3. The van der Waals surface area contributed by atoms with Crippen LogP contribution in [0.1, 0.15) is 35.2 Å². The molecule has 0 radical (unpaired) electrons. The van der Waals surface area contributed by atoms with Gasteiger partial charge in [-0.2, -0.15) is 0 Å². The molecule has 2 amide bonds. The normalized spacial score (nSPS) is 31.4. The van der Waals surface area contributed by atoms with Crippen LogP contribution in [0.15, 0.2) is 60.2 Å². The number of nitro benzene ring substituents is 1. The number of carboxylic acids is 1. The van der Waals surface area contributed by atoms with E-state index in [4.69, 9.17) is 9.84 Å². The summed E-state index contributed by atoms with van der Waals surface area (Å²) in [7, 11) is 0. The van der Waals surface area contributed by atoms with E-state index >= 15 is 0 Å². The molecule has 1 unspecified atom stereocenters. The molecule has 1 aliphatic carbocycles. The van der Waals surface area contributed by atoms with Gasteiger partial charge in [-0.25, -0.2) is 0 Å². The number of anilines is 1. The first kappa shape index (κ1) is 32.2. The van der Waals surface area contributed by atoms with Crippen LogP contribution in [-0.2, 0) is 19.7 Å². The lowest BCUT2D eigenvalue weighted by Crippen LogP contribution is -3.16. The largest absolute Gasteiger partial charge is 0.548 e. The number of fused-ring (bicyclic) bond motifs is 2. The van der Waals surface area contributed by atoms with Crippen molar-refractivity contribution in [1.29, 1.82) is 0 Å². The number of carboxylic acid groups (broad SMARTS) is 1. The third-order valence-corrected chi connectivity index (χ3v) is 10.5. The number of quaternary nitrogens is 1. The summed E-state index contributed by atoms with van der Waals surface area (Å²) < 4.78 is 6.26. The number of nitrogens with one attached hydrogen (secondary N) is 2. The first-order valence-electron chi connectivity index (χ1n) is 14.7. The predicted octanol–water partition coefficient (Wildman–Crippen LogP) is -2.54. The highest BCUT2D eigenvalue weighted by Crippen LogP contribution is 2.62. The fourth-order valence-electron chi connectivity index (χ4n) is 8.89. The van der Waals surface area contributed by atoms with Crippen LogP contribution in [-0.4, -0.2) is 89.3 Å². The van der Waals surface area contributed by atoms with E-state index in [9.17, 15) is 29.6 Å². The number of aliphatic carboxylic acids is 1. The van der Waals surface area contributed by atoms with Crippen molar-refractivity contribution in [2.75, 3.05) is 31.2 Å². The average molecular weight is 625 g/mol. The SMILES string of the molecule is O.O.O=C(N[C@H](CO)C(=O)[O-])c1ccc([N+](=O)[O-])cc1.O=C1C[C@@H]2OCC=C3C[NH+]4CC[C@]56c7ccccc7N1[C@H]5[C@H]2[C@H]3C[C@H]46. The molecule has 14 nitrogen and oxygen atoms in total. The van der Waals surface area contributed by atoms with Crippen LogP contribution in [0.2, 0.25) is 0 Å². The lowest BCUT2D eigenvalue weighted by Gasteiger charge is -2.56. The Hall–Kier alpha value is -4.21. The van der Waals surface area contributed by atoms with Crippen molar-refractivity contribution in [2.24, 2.45) is 11.8 Å². The van der Waals surface area contributed by atoms with Crippen LogP contribution in [0.25, 0.3) is 0 Å². The highest BCUT2D eigenvalue weighted by Gasteiger charge is 2.73. The zero-order valence-corrected chi connectivity index (χ0v) is 24.3. The van der Waals surface area contributed by atoms with Crippen molar-refractivity contribution in [3.63, 3.8) is 0 Å². The molecule has 1 spiro atoms. The Morgan fingerprint density at radius 1 is 1.18 bits per heavy atom. The summed E-state index contributed by atoms with van der Waals surface area (Å²) in [6.45, 7) is 2.35. The molecular weight excluding hydrogens is 588 g/mol. The number of non-ortho nitro benzene ring substituents is 1. The first-order valence-corrected chi connectivity index (χ1v) is 14.7. The Morgan fingerprint density at radius 2 is 1.91 bits per heavy atom. The van der Waals surface area contributed by atoms with Gasteiger partial charge in [0.15, 0.2) is 0 Å². The van der Waals surface area contributed by atoms with Gasteiger partial charge in [0.2, 0.25) is 5.91 Å². The van der Waals surface area contributed by atoms with Crippen LogP contribution in [0.5, 0.6) is 0 Å². The Morgan fingerprint density at radius 3 is 2.60 bits per heavy atom. The van der Waals surface area contributed by atoms with Gasteiger partial charge in [0.25, 0.3) is 11.6 Å². The zero-order valence-electron chi connectivity index (χ0n) is 24.3. The van der Waals surface area contributed by atoms with Gasteiger partial charge in [-0.3, -0.25) is 19.7 Å².